The Balaban J connectivity index is 0.0000115. The number of carbonyl (C=O) groups excluding carboxylic acids is 7. The first-order valence-electron chi connectivity index (χ1n) is 14.0. The van der Waals surface area contributed by atoms with E-state index in [0.717, 1.165) is 48.5 Å². The van der Waals surface area contributed by atoms with Crippen LogP contribution in [0.25, 0.3) is 0 Å². The Morgan fingerprint density at radius 3 is 1.35 bits per heavy atom. The van der Waals surface area contributed by atoms with Gasteiger partial charge in [-0.05, 0) is 11.8 Å². The van der Waals surface area contributed by atoms with E-state index in [-0.39, 0.29) is 22.1 Å². The van der Waals surface area contributed by atoms with Crippen LogP contribution in [0.1, 0.15) is 48.5 Å². The Kier molecular flexibility index (Phi) is 17.2. The lowest BCUT2D eigenvalue weighted by atomic mass is 9.96. The van der Waals surface area contributed by atoms with Gasteiger partial charge in [-0.3, -0.25) is 44.7 Å². The van der Waals surface area contributed by atoms with Gasteiger partial charge in [-0.15, -0.1) is 0 Å². The van der Waals surface area contributed by atoms with Gasteiger partial charge in [0.25, 0.3) is 0 Å². The molecule has 0 unspecified atom stereocenters. The number of hydrogen-bond acceptors (Lipinski definition) is 18. The summed E-state index contributed by atoms with van der Waals surface area (Å²) in [6.45, 7) is 6.35. The van der Waals surface area contributed by atoms with Gasteiger partial charge in [-0.2, -0.15) is 0 Å². The van der Waals surface area contributed by atoms with Crippen LogP contribution in [0.4, 0.5) is 0 Å². The minimum Gasteiger partial charge on any atom is -1.00 e. The second-order valence-corrected chi connectivity index (χ2v) is 11.4. The molecule has 0 saturated carbocycles. The van der Waals surface area contributed by atoms with Crippen molar-refractivity contribution in [2.75, 3.05) is 13.2 Å². The van der Waals surface area contributed by atoms with Crippen molar-refractivity contribution in [1.29, 1.82) is 0 Å². The lowest BCUT2D eigenvalue weighted by Crippen LogP contribution is -3.00. The number of carbonyl (C=O) groups is 7. The second kappa shape index (κ2) is 19.5. The van der Waals surface area contributed by atoms with E-state index in [1.165, 1.54) is 0 Å². The zero-order chi connectivity index (χ0) is 35.6. The Labute approximate surface area is 289 Å². The highest BCUT2D eigenvalue weighted by atomic mass is 79.9. The molecule has 2 rings (SSSR count). The molecule has 2 saturated heterocycles. The molecule has 0 spiro atoms. The van der Waals surface area contributed by atoms with Gasteiger partial charge in [0.1, 0.15) is 31.5 Å². The number of thioether (sulfide) groups is 1. The van der Waals surface area contributed by atoms with Crippen LogP contribution in [0.15, 0.2) is 0 Å². The Morgan fingerprint density at radius 1 is 0.562 bits per heavy atom. The minimum absolute atomic E-state index is 0. The van der Waals surface area contributed by atoms with Gasteiger partial charge in [0, 0.05) is 48.5 Å². The molecule has 48 heavy (non-hydrogen) atoms. The van der Waals surface area contributed by atoms with Crippen LogP contribution < -0.4 is 28.1 Å². The van der Waals surface area contributed by atoms with Crippen LogP contribution in [0, 0.1) is 0 Å². The van der Waals surface area contributed by atoms with Crippen molar-refractivity contribution in [3.63, 3.8) is 0 Å². The summed E-state index contributed by atoms with van der Waals surface area (Å²) in [4.78, 5) is 84.6. The Bertz CT molecular complexity index is 1220. The van der Waals surface area contributed by atoms with Crippen LogP contribution in [-0.4, -0.2) is 121 Å². The van der Waals surface area contributed by atoms with Crippen molar-refractivity contribution in [3.05, 3.63) is 0 Å². The van der Waals surface area contributed by atoms with Crippen molar-refractivity contribution < 1.29 is 103 Å². The van der Waals surface area contributed by atoms with Gasteiger partial charge < -0.3 is 64.4 Å². The molecule has 0 amide bonds. The van der Waals surface area contributed by atoms with Gasteiger partial charge >= 0.3 is 47.0 Å². The number of nitrogens with two attached hydrogens (primary N) is 2. The molecule has 2 aliphatic heterocycles. The number of rotatable bonds is 12. The third kappa shape index (κ3) is 13.2. The average molecular weight is 776 g/mol. The van der Waals surface area contributed by atoms with E-state index in [2.05, 4.69) is 0 Å². The SMILES string of the molecule is CC(=O)OC[C@H]1O[C@@H](O[C@H]2[C@H](OC(C)=O)[C@@H](OC(C)=O)[C@H](SC(N)=[NH2+])O[C@@H]2COC(C)=O)[C@H](OC(C)=O)[C@@H](OC(C)=O)[C@H]1OC(C)=O.[Br-]. The summed E-state index contributed by atoms with van der Waals surface area (Å²) in [6, 6.07) is 0. The number of halogens is 1. The maximum atomic E-state index is 12.4. The minimum atomic E-state index is -1.78. The van der Waals surface area contributed by atoms with E-state index in [4.69, 9.17) is 58.5 Å². The maximum Gasteiger partial charge on any atom is 0.303 e. The van der Waals surface area contributed by atoms with Gasteiger partial charge in [0.05, 0.1) is 0 Å². The Hall–Kier alpha value is -3.53. The molecule has 272 valence electrons. The van der Waals surface area contributed by atoms with Crippen molar-refractivity contribution in [3.8, 4) is 0 Å². The molecule has 2 aliphatic rings. The predicted octanol–water partition coefficient (Wildman–Crippen LogP) is -5.58. The van der Waals surface area contributed by atoms with Crippen molar-refractivity contribution >= 4 is 58.7 Å². The first-order chi connectivity index (χ1) is 21.9. The molecule has 19 nitrogen and oxygen atoms in total. The van der Waals surface area contributed by atoms with E-state index >= 15 is 0 Å². The molecule has 21 heteroatoms. The average Bonchev–Trinajstić information content (AvgIpc) is 2.91. The van der Waals surface area contributed by atoms with Crippen LogP contribution in [0.2, 0.25) is 0 Å². The fraction of sp³-hybridized carbons (Fsp3) is 0.704. The summed E-state index contributed by atoms with van der Waals surface area (Å²) < 4.78 is 55.7. The molecule has 0 aromatic carbocycles. The summed E-state index contributed by atoms with van der Waals surface area (Å²) in [5.41, 5.74) is 4.45. The molecule has 2 heterocycles. The molecule has 0 bridgehead atoms. The van der Waals surface area contributed by atoms with E-state index < -0.39 is 116 Å². The van der Waals surface area contributed by atoms with E-state index in [0.29, 0.717) is 11.8 Å². The maximum absolute atomic E-state index is 12.4. The van der Waals surface area contributed by atoms with Gasteiger partial charge in [-0.25, -0.2) is 0 Å². The standard InChI is InChI=1S/C27H38N2O17S.BrH/c1-10(30)37-8-17-19(39-12(3)32)21(40-13(4)33)23(42-15(6)35)25(44-17)46-20-18(9-38-11(2)31)45-26(47-27(28)29)24(43-16(7)36)22(20)41-14(5)34;/h17-26H,8-9H2,1-7H3,(H3,28,29);1H/t17-,18-,19+,20-,21+,22+,23-,24-,25+,26+;/m1./s1. The second-order valence-electron chi connectivity index (χ2n) is 10.2. The normalized spacial score (nSPS) is 29.5. The number of esters is 7. The summed E-state index contributed by atoms with van der Waals surface area (Å²) in [6.07, 6.45) is -13.9. The summed E-state index contributed by atoms with van der Waals surface area (Å²) >= 11 is 0.705. The van der Waals surface area contributed by atoms with Crippen molar-refractivity contribution in [2.45, 2.75) is 109 Å². The highest BCUT2D eigenvalue weighted by molar-refractivity contribution is 8.13. The molecular formula is C27H39BrN2O17S. The highest BCUT2D eigenvalue weighted by Gasteiger charge is 2.57. The summed E-state index contributed by atoms with van der Waals surface area (Å²) in [5.74, 6) is -5.86. The van der Waals surface area contributed by atoms with E-state index in [9.17, 15) is 33.6 Å². The fourth-order valence-electron chi connectivity index (χ4n) is 4.70. The molecule has 0 radical (unpaired) electrons. The van der Waals surface area contributed by atoms with Crippen LogP contribution >= 0.6 is 11.8 Å². The van der Waals surface area contributed by atoms with Crippen LogP contribution in [-0.2, 0) is 80.9 Å². The van der Waals surface area contributed by atoms with Crippen LogP contribution in [0.3, 0.4) is 0 Å². The molecule has 0 aromatic rings. The van der Waals surface area contributed by atoms with Crippen molar-refractivity contribution in [1.82, 2.24) is 0 Å². The van der Waals surface area contributed by atoms with Gasteiger partial charge in [-0.1, -0.05) is 0 Å². The van der Waals surface area contributed by atoms with Crippen molar-refractivity contribution in [2.24, 2.45) is 5.73 Å². The Morgan fingerprint density at radius 2 is 0.938 bits per heavy atom. The predicted molar refractivity (Wildman–Crippen MR) is 152 cm³/mol. The van der Waals surface area contributed by atoms with E-state index in [1.54, 1.807) is 0 Å². The quantitative estimate of drug-likeness (QED) is 0.0810. The molecule has 4 N–H and O–H groups in total. The first kappa shape index (κ1) is 42.5. The monoisotopic (exact) mass is 774 g/mol. The third-order valence-electron chi connectivity index (χ3n) is 6.14. The van der Waals surface area contributed by atoms with E-state index in [1.807, 2.05) is 0 Å². The molecular weight excluding hydrogens is 736 g/mol. The summed E-state index contributed by atoms with van der Waals surface area (Å²) in [7, 11) is 0. The zero-order valence-corrected chi connectivity index (χ0v) is 29.5. The molecule has 10 atom stereocenters. The lowest BCUT2D eigenvalue weighted by Gasteiger charge is -2.48. The van der Waals surface area contributed by atoms with Gasteiger partial charge in [0.2, 0.25) is 0 Å². The highest BCUT2D eigenvalue weighted by Crippen LogP contribution is 2.37. The molecule has 2 fully saturated rings. The summed E-state index contributed by atoms with van der Waals surface area (Å²) in [5, 5.41) is 5.45. The molecule has 0 aliphatic carbocycles. The topological polar surface area (TPSA) is 263 Å². The van der Waals surface area contributed by atoms with Crippen LogP contribution in [0.5, 0.6) is 0 Å². The lowest BCUT2D eigenvalue weighted by molar-refractivity contribution is -0.341. The number of hydrogen-bond donors (Lipinski definition) is 2. The fourth-order valence-corrected chi connectivity index (χ4v) is 5.51. The van der Waals surface area contributed by atoms with Gasteiger partial charge in [0.15, 0.2) is 42.2 Å². The largest absolute Gasteiger partial charge is 1.00 e. The zero-order valence-electron chi connectivity index (χ0n) is 27.1. The number of ether oxygens (including phenoxy) is 10. The first-order valence-corrected chi connectivity index (χ1v) is 14.9. The number of amidine groups is 1. The smallest absolute Gasteiger partial charge is 0.303 e. The molecule has 0 aromatic heterocycles. The third-order valence-corrected chi connectivity index (χ3v) is 7.02.